The van der Waals surface area contributed by atoms with E-state index >= 15 is 0 Å². The first-order valence-corrected chi connectivity index (χ1v) is 6.18. The zero-order valence-corrected chi connectivity index (χ0v) is 11.6. The molecule has 0 saturated heterocycles. The number of benzene rings is 1. The van der Waals surface area contributed by atoms with Gasteiger partial charge in [0.1, 0.15) is 0 Å². The SMILES string of the molecule is CNC(=O)CCN(C)c1ccc(Br)cc1CO. The molecular formula is C12H17BrN2O2. The molecule has 2 N–H and O–H groups in total. The van der Waals surface area contributed by atoms with Crippen molar-refractivity contribution in [3.05, 3.63) is 28.2 Å². The Kier molecular flexibility index (Phi) is 5.44. The fraction of sp³-hybridized carbons (Fsp3) is 0.417. The molecule has 0 spiro atoms. The quantitative estimate of drug-likeness (QED) is 0.867. The highest BCUT2D eigenvalue weighted by Gasteiger charge is 2.08. The lowest BCUT2D eigenvalue weighted by Crippen LogP contribution is -2.26. The summed E-state index contributed by atoms with van der Waals surface area (Å²) in [7, 11) is 3.53. The normalized spacial score (nSPS) is 10.1. The van der Waals surface area contributed by atoms with Crippen LogP contribution >= 0.6 is 15.9 Å². The van der Waals surface area contributed by atoms with E-state index in [9.17, 15) is 9.90 Å². The molecule has 94 valence electrons. The molecule has 0 saturated carbocycles. The molecule has 0 radical (unpaired) electrons. The van der Waals surface area contributed by atoms with E-state index in [-0.39, 0.29) is 12.5 Å². The van der Waals surface area contributed by atoms with Crippen molar-refractivity contribution >= 4 is 27.5 Å². The summed E-state index contributed by atoms with van der Waals surface area (Å²) in [5.41, 5.74) is 1.79. The van der Waals surface area contributed by atoms with Gasteiger partial charge >= 0.3 is 0 Å². The highest BCUT2D eigenvalue weighted by atomic mass is 79.9. The molecule has 0 unspecified atom stereocenters. The van der Waals surface area contributed by atoms with E-state index in [1.807, 2.05) is 30.1 Å². The largest absolute Gasteiger partial charge is 0.392 e. The molecule has 0 atom stereocenters. The zero-order valence-electron chi connectivity index (χ0n) is 10.0. The van der Waals surface area contributed by atoms with Gasteiger partial charge in [0.15, 0.2) is 0 Å². The van der Waals surface area contributed by atoms with E-state index < -0.39 is 0 Å². The number of rotatable bonds is 5. The minimum absolute atomic E-state index is 0.0134. The van der Waals surface area contributed by atoms with E-state index in [2.05, 4.69) is 21.2 Å². The van der Waals surface area contributed by atoms with Crippen molar-refractivity contribution in [2.45, 2.75) is 13.0 Å². The molecule has 0 aliphatic rings. The number of anilines is 1. The van der Waals surface area contributed by atoms with Crippen molar-refractivity contribution in [3.63, 3.8) is 0 Å². The number of aliphatic hydroxyl groups excluding tert-OH is 1. The minimum Gasteiger partial charge on any atom is -0.392 e. The first-order chi connectivity index (χ1) is 8.08. The van der Waals surface area contributed by atoms with Gasteiger partial charge in [-0.1, -0.05) is 15.9 Å². The van der Waals surface area contributed by atoms with Crippen molar-refractivity contribution in [2.75, 3.05) is 25.5 Å². The van der Waals surface area contributed by atoms with Crippen LogP contribution in [-0.2, 0) is 11.4 Å². The molecule has 1 aromatic carbocycles. The van der Waals surface area contributed by atoms with Crippen LogP contribution in [0.2, 0.25) is 0 Å². The molecule has 1 amide bonds. The second-order valence-electron chi connectivity index (χ2n) is 3.78. The Bertz CT molecular complexity index is 396. The van der Waals surface area contributed by atoms with Crippen LogP contribution in [0, 0.1) is 0 Å². The topological polar surface area (TPSA) is 52.6 Å². The first kappa shape index (κ1) is 14.0. The van der Waals surface area contributed by atoms with Crippen molar-refractivity contribution in [2.24, 2.45) is 0 Å². The molecule has 1 rings (SSSR count). The number of halogens is 1. The number of nitrogens with zero attached hydrogens (tertiary/aromatic N) is 1. The molecule has 0 aromatic heterocycles. The number of amides is 1. The lowest BCUT2D eigenvalue weighted by atomic mass is 10.1. The fourth-order valence-electron chi connectivity index (χ4n) is 1.57. The third-order valence-electron chi connectivity index (χ3n) is 2.58. The Morgan fingerprint density at radius 3 is 2.82 bits per heavy atom. The summed E-state index contributed by atoms with van der Waals surface area (Å²) in [5, 5.41) is 11.9. The van der Waals surface area contributed by atoms with Gasteiger partial charge in [-0.3, -0.25) is 4.79 Å². The van der Waals surface area contributed by atoms with Crippen LogP contribution in [0.3, 0.4) is 0 Å². The van der Waals surface area contributed by atoms with Gasteiger partial charge in [-0.05, 0) is 18.2 Å². The fourth-order valence-corrected chi connectivity index (χ4v) is 1.98. The molecule has 1 aromatic rings. The number of carbonyl (C=O) groups excluding carboxylic acids is 1. The van der Waals surface area contributed by atoms with Crippen LogP contribution in [0.15, 0.2) is 22.7 Å². The molecule has 0 aliphatic carbocycles. The maximum absolute atomic E-state index is 11.2. The van der Waals surface area contributed by atoms with Gasteiger partial charge in [0.2, 0.25) is 5.91 Å². The highest BCUT2D eigenvalue weighted by Crippen LogP contribution is 2.23. The van der Waals surface area contributed by atoms with Crippen LogP contribution in [0.1, 0.15) is 12.0 Å². The number of carbonyl (C=O) groups is 1. The van der Waals surface area contributed by atoms with Gasteiger partial charge in [0.25, 0.3) is 0 Å². The molecule has 0 bridgehead atoms. The summed E-state index contributed by atoms with van der Waals surface area (Å²) in [6, 6.07) is 5.73. The van der Waals surface area contributed by atoms with Gasteiger partial charge in [-0.15, -0.1) is 0 Å². The van der Waals surface area contributed by atoms with E-state index in [0.29, 0.717) is 13.0 Å². The molecular weight excluding hydrogens is 284 g/mol. The minimum atomic E-state index is -0.0148. The van der Waals surface area contributed by atoms with Gasteiger partial charge < -0.3 is 15.3 Å². The average molecular weight is 301 g/mol. The molecule has 0 heterocycles. The van der Waals surface area contributed by atoms with E-state index in [1.165, 1.54) is 0 Å². The molecule has 5 heteroatoms. The van der Waals surface area contributed by atoms with Crippen molar-refractivity contribution in [1.29, 1.82) is 0 Å². The van der Waals surface area contributed by atoms with Crippen molar-refractivity contribution < 1.29 is 9.90 Å². The van der Waals surface area contributed by atoms with E-state index in [1.54, 1.807) is 7.05 Å². The third kappa shape index (κ3) is 4.02. The van der Waals surface area contributed by atoms with Crippen LogP contribution in [0.25, 0.3) is 0 Å². The number of nitrogens with one attached hydrogen (secondary N) is 1. The lowest BCUT2D eigenvalue weighted by Gasteiger charge is -2.21. The van der Waals surface area contributed by atoms with Gasteiger partial charge in [0, 0.05) is 42.8 Å². The highest BCUT2D eigenvalue weighted by molar-refractivity contribution is 9.10. The number of hydrogen-bond acceptors (Lipinski definition) is 3. The zero-order chi connectivity index (χ0) is 12.8. The Morgan fingerprint density at radius 1 is 1.53 bits per heavy atom. The van der Waals surface area contributed by atoms with Gasteiger partial charge in [0.05, 0.1) is 6.61 Å². The average Bonchev–Trinajstić information content (AvgIpc) is 2.35. The summed E-state index contributed by atoms with van der Waals surface area (Å²) in [6.45, 7) is 0.605. The summed E-state index contributed by atoms with van der Waals surface area (Å²) in [6.07, 6.45) is 0.438. The lowest BCUT2D eigenvalue weighted by molar-refractivity contribution is -0.120. The van der Waals surface area contributed by atoms with Crippen molar-refractivity contribution in [1.82, 2.24) is 5.32 Å². The Hall–Kier alpha value is -1.07. The smallest absolute Gasteiger partial charge is 0.221 e. The van der Waals surface area contributed by atoms with Gasteiger partial charge in [-0.25, -0.2) is 0 Å². The van der Waals surface area contributed by atoms with E-state index in [4.69, 9.17) is 0 Å². The van der Waals surface area contributed by atoms with Crippen LogP contribution < -0.4 is 10.2 Å². The monoisotopic (exact) mass is 300 g/mol. The second-order valence-corrected chi connectivity index (χ2v) is 4.69. The van der Waals surface area contributed by atoms with E-state index in [0.717, 1.165) is 15.7 Å². The number of aliphatic hydroxyl groups is 1. The number of hydrogen-bond donors (Lipinski definition) is 2. The Morgan fingerprint density at radius 2 is 2.24 bits per heavy atom. The summed E-state index contributed by atoms with van der Waals surface area (Å²) in [4.78, 5) is 13.1. The molecule has 4 nitrogen and oxygen atoms in total. The molecule has 0 aliphatic heterocycles. The van der Waals surface area contributed by atoms with Gasteiger partial charge in [-0.2, -0.15) is 0 Å². The predicted molar refractivity (Wildman–Crippen MR) is 72.0 cm³/mol. The second kappa shape index (κ2) is 6.61. The first-order valence-electron chi connectivity index (χ1n) is 5.39. The molecule has 0 fully saturated rings. The summed E-state index contributed by atoms with van der Waals surface area (Å²) in [5.74, 6) is 0.0134. The van der Waals surface area contributed by atoms with Crippen LogP contribution in [0.5, 0.6) is 0 Å². The standard InChI is InChI=1S/C12H17BrN2O2/c1-14-12(17)5-6-15(2)11-4-3-10(13)7-9(11)8-16/h3-4,7,16H,5-6,8H2,1-2H3,(H,14,17). The van der Waals surface area contributed by atoms with Crippen LogP contribution in [0.4, 0.5) is 5.69 Å². The van der Waals surface area contributed by atoms with Crippen LogP contribution in [-0.4, -0.2) is 31.7 Å². The summed E-state index contributed by atoms with van der Waals surface area (Å²) >= 11 is 3.37. The molecule has 17 heavy (non-hydrogen) atoms. The third-order valence-corrected chi connectivity index (χ3v) is 3.07. The predicted octanol–water partition coefficient (Wildman–Crippen LogP) is 1.51. The Labute approximate surface area is 110 Å². The maximum Gasteiger partial charge on any atom is 0.221 e. The summed E-state index contributed by atoms with van der Waals surface area (Å²) < 4.78 is 0.935. The van der Waals surface area contributed by atoms with Crippen molar-refractivity contribution in [3.8, 4) is 0 Å². The maximum atomic E-state index is 11.2. The Balaban J connectivity index is 2.74.